The highest BCUT2D eigenvalue weighted by Crippen LogP contribution is 2.55. The molecule has 1 spiro atoms. The Bertz CT molecular complexity index is 1420. The van der Waals surface area contributed by atoms with E-state index in [0.29, 0.717) is 28.5 Å². The second-order valence-electron chi connectivity index (χ2n) is 9.56. The third-order valence-corrected chi connectivity index (χ3v) is 8.01. The maximum atomic E-state index is 14.5. The summed E-state index contributed by atoms with van der Waals surface area (Å²) in [6.45, 7) is 1.73. The number of carbonyl (C=O) groups is 3. The number of carbonyl (C=O) groups excluding carboxylic acids is 3. The summed E-state index contributed by atoms with van der Waals surface area (Å²) < 4.78 is 33.5. The molecule has 2 aromatic rings. The Morgan fingerprint density at radius 3 is 2.03 bits per heavy atom. The number of nitrogens with one attached hydrogen (secondary N) is 1. The SMILES string of the molecule is COc1cc(OC)c2c(c1Cl)O[C@@]1(C(=O)C3=C(C[C@H]1C)NC(=O)CC3c1cc(OC)c(OC)c(OC)c1)C2=O. The van der Waals surface area contributed by atoms with Gasteiger partial charge in [0, 0.05) is 35.6 Å². The summed E-state index contributed by atoms with van der Waals surface area (Å²) >= 11 is 6.55. The molecule has 39 heavy (non-hydrogen) atoms. The summed E-state index contributed by atoms with van der Waals surface area (Å²) in [6, 6.07) is 4.89. The minimum atomic E-state index is -1.90. The van der Waals surface area contributed by atoms with Crippen molar-refractivity contribution >= 4 is 29.1 Å². The van der Waals surface area contributed by atoms with Crippen molar-refractivity contribution < 1.29 is 42.8 Å². The van der Waals surface area contributed by atoms with Gasteiger partial charge in [0.1, 0.15) is 22.1 Å². The summed E-state index contributed by atoms with van der Waals surface area (Å²) in [5.41, 5.74) is -0.492. The van der Waals surface area contributed by atoms with Gasteiger partial charge in [0.25, 0.3) is 0 Å². The molecule has 11 heteroatoms. The van der Waals surface area contributed by atoms with Crippen molar-refractivity contribution in [1.29, 1.82) is 0 Å². The third kappa shape index (κ3) is 3.72. The van der Waals surface area contributed by atoms with Crippen molar-refractivity contribution in [2.45, 2.75) is 31.3 Å². The second-order valence-corrected chi connectivity index (χ2v) is 9.93. The van der Waals surface area contributed by atoms with Crippen molar-refractivity contribution in [3.8, 4) is 34.5 Å². The van der Waals surface area contributed by atoms with Gasteiger partial charge < -0.3 is 33.7 Å². The molecule has 0 saturated heterocycles. The van der Waals surface area contributed by atoms with Gasteiger partial charge in [0.15, 0.2) is 17.2 Å². The van der Waals surface area contributed by atoms with E-state index in [1.807, 2.05) is 0 Å². The molecule has 0 bridgehead atoms. The third-order valence-electron chi connectivity index (χ3n) is 7.65. The number of methoxy groups -OCH3 is 5. The zero-order chi connectivity index (χ0) is 28.2. The number of benzene rings is 2. The Morgan fingerprint density at radius 1 is 0.846 bits per heavy atom. The van der Waals surface area contributed by atoms with Crippen molar-refractivity contribution in [3.05, 3.63) is 45.6 Å². The van der Waals surface area contributed by atoms with E-state index in [2.05, 4.69) is 5.32 Å². The van der Waals surface area contributed by atoms with Crippen LogP contribution in [0.5, 0.6) is 34.5 Å². The molecule has 2 aromatic carbocycles. The molecule has 0 fully saturated rings. The average Bonchev–Trinajstić information content (AvgIpc) is 3.25. The molecule has 0 saturated carbocycles. The van der Waals surface area contributed by atoms with Gasteiger partial charge in [-0.1, -0.05) is 18.5 Å². The molecule has 1 N–H and O–H groups in total. The first-order chi connectivity index (χ1) is 18.7. The van der Waals surface area contributed by atoms with E-state index in [0.717, 1.165) is 0 Å². The van der Waals surface area contributed by atoms with Gasteiger partial charge in [0.05, 0.1) is 35.5 Å². The van der Waals surface area contributed by atoms with Crippen LogP contribution in [0.2, 0.25) is 5.02 Å². The lowest BCUT2D eigenvalue weighted by Gasteiger charge is -2.41. The van der Waals surface area contributed by atoms with Crippen LogP contribution in [0.4, 0.5) is 0 Å². The Morgan fingerprint density at radius 2 is 1.46 bits per heavy atom. The Hall–Kier alpha value is -3.92. The molecule has 1 unspecified atom stereocenters. The topological polar surface area (TPSA) is 119 Å². The zero-order valence-electron chi connectivity index (χ0n) is 22.4. The van der Waals surface area contributed by atoms with E-state index in [4.69, 9.17) is 40.0 Å². The molecule has 2 heterocycles. The number of fused-ring (bicyclic) bond motifs is 1. The largest absolute Gasteiger partial charge is 0.496 e. The normalized spacial score (nSPS) is 23.6. The van der Waals surface area contributed by atoms with Gasteiger partial charge in [-0.05, 0) is 24.1 Å². The molecular formula is C28H28ClNO9. The predicted molar refractivity (Wildman–Crippen MR) is 140 cm³/mol. The van der Waals surface area contributed by atoms with Crippen molar-refractivity contribution in [3.63, 3.8) is 0 Å². The van der Waals surface area contributed by atoms with E-state index < -0.39 is 29.0 Å². The molecule has 1 aliphatic carbocycles. The first kappa shape index (κ1) is 26.7. The van der Waals surface area contributed by atoms with E-state index >= 15 is 0 Å². The number of ether oxygens (including phenoxy) is 6. The van der Waals surface area contributed by atoms with Crippen LogP contribution in [0, 0.1) is 5.92 Å². The number of allylic oxidation sites excluding steroid dienone is 1. The fourth-order valence-electron chi connectivity index (χ4n) is 5.78. The predicted octanol–water partition coefficient (Wildman–Crippen LogP) is 3.86. The van der Waals surface area contributed by atoms with E-state index in [1.165, 1.54) is 41.6 Å². The molecule has 0 radical (unpaired) electrons. The minimum absolute atomic E-state index is 0.0336. The van der Waals surface area contributed by atoms with Crippen LogP contribution in [-0.2, 0) is 9.59 Å². The number of ketones is 2. The Kier molecular flexibility index (Phi) is 6.62. The van der Waals surface area contributed by atoms with Gasteiger partial charge in [-0.15, -0.1) is 0 Å². The van der Waals surface area contributed by atoms with E-state index in [9.17, 15) is 14.4 Å². The highest BCUT2D eigenvalue weighted by Gasteiger charge is 2.63. The summed E-state index contributed by atoms with van der Waals surface area (Å²) in [7, 11) is 7.29. The number of hydrogen-bond donors (Lipinski definition) is 1. The highest BCUT2D eigenvalue weighted by atomic mass is 35.5. The lowest BCUT2D eigenvalue weighted by Crippen LogP contribution is -2.59. The standard InChI is InChI=1S/C28H28ClNO9/c1-12-7-15-21(14(10-20(31)30-15)13-8-18(36-4)24(38-6)19(9-13)37-5)26(32)28(12)27(33)22-16(34-2)11-17(35-3)23(29)25(22)39-28/h8-9,11-12,14H,7,10H2,1-6H3,(H,30,31)/t12-,14?,28+/m1/s1. The van der Waals surface area contributed by atoms with E-state index in [-0.39, 0.29) is 52.2 Å². The molecule has 3 aliphatic rings. The number of Topliss-reactive ketones (excluding diaryl/α,β-unsaturated/α-hetero) is 2. The molecule has 206 valence electrons. The van der Waals surface area contributed by atoms with Gasteiger partial charge in [-0.25, -0.2) is 0 Å². The fourth-order valence-corrected chi connectivity index (χ4v) is 6.04. The summed E-state index contributed by atoms with van der Waals surface area (Å²) in [4.78, 5) is 41.4. The molecule has 2 aliphatic heterocycles. The highest BCUT2D eigenvalue weighted by molar-refractivity contribution is 6.36. The Balaban J connectivity index is 1.68. The summed E-state index contributed by atoms with van der Waals surface area (Å²) in [5.74, 6) is -1.10. The zero-order valence-corrected chi connectivity index (χ0v) is 23.1. The number of hydrogen-bond acceptors (Lipinski definition) is 9. The fraction of sp³-hybridized carbons (Fsp3) is 0.393. The molecule has 3 atom stereocenters. The van der Waals surface area contributed by atoms with Crippen LogP contribution >= 0.6 is 11.6 Å². The summed E-state index contributed by atoms with van der Waals surface area (Å²) in [6.07, 6.45) is 0.178. The summed E-state index contributed by atoms with van der Waals surface area (Å²) in [5, 5.41) is 2.91. The smallest absolute Gasteiger partial charge is 0.236 e. The van der Waals surface area contributed by atoms with Crippen LogP contribution in [0.1, 0.15) is 41.6 Å². The van der Waals surface area contributed by atoms with E-state index in [1.54, 1.807) is 19.1 Å². The quantitative estimate of drug-likeness (QED) is 0.528. The van der Waals surface area contributed by atoms with Crippen molar-refractivity contribution in [1.82, 2.24) is 5.32 Å². The monoisotopic (exact) mass is 557 g/mol. The molecule has 5 rings (SSSR count). The van der Waals surface area contributed by atoms with Crippen LogP contribution in [0.15, 0.2) is 29.5 Å². The number of amides is 1. The van der Waals surface area contributed by atoms with Gasteiger partial charge in [-0.2, -0.15) is 0 Å². The second kappa shape index (κ2) is 9.68. The maximum Gasteiger partial charge on any atom is 0.236 e. The first-order valence-corrected chi connectivity index (χ1v) is 12.6. The van der Waals surface area contributed by atoms with Crippen LogP contribution in [0.25, 0.3) is 0 Å². The molecule has 1 amide bonds. The van der Waals surface area contributed by atoms with Gasteiger partial charge >= 0.3 is 0 Å². The van der Waals surface area contributed by atoms with Crippen LogP contribution in [-0.4, -0.2) is 58.6 Å². The lowest BCUT2D eigenvalue weighted by molar-refractivity contribution is -0.131. The van der Waals surface area contributed by atoms with Crippen molar-refractivity contribution in [2.24, 2.45) is 5.92 Å². The first-order valence-electron chi connectivity index (χ1n) is 12.2. The number of rotatable bonds is 6. The van der Waals surface area contributed by atoms with Crippen molar-refractivity contribution in [2.75, 3.05) is 35.5 Å². The molecule has 0 aromatic heterocycles. The Labute approximate surface area is 230 Å². The van der Waals surface area contributed by atoms with Gasteiger partial charge in [0.2, 0.25) is 28.8 Å². The van der Waals surface area contributed by atoms with Crippen LogP contribution in [0.3, 0.4) is 0 Å². The van der Waals surface area contributed by atoms with Crippen LogP contribution < -0.4 is 33.7 Å². The van der Waals surface area contributed by atoms with Gasteiger partial charge in [-0.3, -0.25) is 14.4 Å². The number of halogens is 1. The minimum Gasteiger partial charge on any atom is -0.496 e. The molecule has 10 nitrogen and oxygen atoms in total. The maximum absolute atomic E-state index is 14.5. The lowest BCUT2D eigenvalue weighted by atomic mass is 9.66. The average molecular weight is 558 g/mol. The molecular weight excluding hydrogens is 530 g/mol.